The molecular weight excluding hydrogens is 374 g/mol. The number of nitrogens with zero attached hydrogens (tertiary/aromatic N) is 4. The topological polar surface area (TPSA) is 85.2 Å². The van der Waals surface area contributed by atoms with Crippen LogP contribution < -0.4 is 10.3 Å². The molecule has 0 fully saturated rings. The lowest BCUT2D eigenvalue weighted by Gasteiger charge is -2.06. The zero-order chi connectivity index (χ0) is 19.5. The third-order valence-corrected chi connectivity index (χ3v) is 5.13. The van der Waals surface area contributed by atoms with Crippen LogP contribution in [0.4, 0.5) is 0 Å². The van der Waals surface area contributed by atoms with E-state index >= 15 is 0 Å². The van der Waals surface area contributed by atoms with Crippen molar-refractivity contribution in [2.24, 2.45) is 0 Å². The Morgan fingerprint density at radius 3 is 2.82 bits per heavy atom. The van der Waals surface area contributed by atoms with Gasteiger partial charge in [0.25, 0.3) is 5.56 Å². The van der Waals surface area contributed by atoms with Crippen molar-refractivity contribution in [2.75, 3.05) is 0 Å². The van der Waals surface area contributed by atoms with Crippen LogP contribution in [0.2, 0.25) is 0 Å². The summed E-state index contributed by atoms with van der Waals surface area (Å²) in [7, 11) is 0. The number of fused-ring (bicyclic) bond motifs is 1. The van der Waals surface area contributed by atoms with Crippen molar-refractivity contribution in [1.82, 2.24) is 24.6 Å². The van der Waals surface area contributed by atoms with Crippen LogP contribution in [0.3, 0.4) is 0 Å². The Hall–Kier alpha value is -3.13. The molecule has 0 aliphatic heterocycles. The summed E-state index contributed by atoms with van der Waals surface area (Å²) in [5.41, 5.74) is 3.19. The highest BCUT2D eigenvalue weighted by Gasteiger charge is 2.09. The van der Waals surface area contributed by atoms with Gasteiger partial charge < -0.3 is 4.74 Å². The first kappa shape index (κ1) is 18.2. The third kappa shape index (κ3) is 3.91. The van der Waals surface area contributed by atoms with Gasteiger partial charge in [-0.15, -0.1) is 5.10 Å². The first-order valence-electron chi connectivity index (χ1n) is 8.81. The molecule has 4 rings (SSSR count). The molecular formula is C20H19N5O2S. The molecule has 8 heteroatoms. The van der Waals surface area contributed by atoms with Crippen LogP contribution in [0.25, 0.3) is 5.65 Å². The minimum atomic E-state index is -0.0824. The quantitative estimate of drug-likeness (QED) is 0.506. The van der Waals surface area contributed by atoms with E-state index in [0.717, 1.165) is 17.0 Å². The Morgan fingerprint density at radius 2 is 1.96 bits per heavy atom. The van der Waals surface area contributed by atoms with Crippen molar-refractivity contribution in [1.29, 1.82) is 0 Å². The second-order valence-electron chi connectivity index (χ2n) is 6.35. The number of ether oxygens (including phenoxy) is 1. The summed E-state index contributed by atoms with van der Waals surface area (Å²) in [5, 5.41) is 7.68. The lowest BCUT2D eigenvalue weighted by molar-refractivity contribution is 0.294. The molecule has 0 aliphatic rings. The summed E-state index contributed by atoms with van der Waals surface area (Å²) in [5.74, 6) is 1.98. The second kappa shape index (κ2) is 7.85. The molecule has 4 aromatic rings. The highest BCUT2D eigenvalue weighted by Crippen LogP contribution is 2.20. The fourth-order valence-electron chi connectivity index (χ4n) is 2.85. The van der Waals surface area contributed by atoms with E-state index in [1.807, 2.05) is 56.3 Å². The monoisotopic (exact) mass is 393 g/mol. The second-order valence-corrected chi connectivity index (χ2v) is 7.30. The van der Waals surface area contributed by atoms with Gasteiger partial charge in [-0.25, -0.2) is 9.97 Å². The molecule has 0 atom stereocenters. The number of hydrogen-bond acceptors (Lipinski definition) is 6. The Balaban J connectivity index is 1.41. The number of benzene rings is 1. The molecule has 0 saturated carbocycles. The van der Waals surface area contributed by atoms with Crippen molar-refractivity contribution in [3.8, 4) is 5.75 Å². The van der Waals surface area contributed by atoms with Crippen LogP contribution in [0, 0.1) is 13.8 Å². The molecule has 0 spiro atoms. The zero-order valence-corrected chi connectivity index (χ0v) is 16.4. The van der Waals surface area contributed by atoms with Crippen molar-refractivity contribution < 1.29 is 4.74 Å². The van der Waals surface area contributed by atoms with E-state index in [9.17, 15) is 4.79 Å². The molecule has 7 nitrogen and oxygen atoms in total. The van der Waals surface area contributed by atoms with Gasteiger partial charge in [-0.3, -0.25) is 14.3 Å². The third-order valence-electron chi connectivity index (χ3n) is 4.25. The fraction of sp³-hybridized carbons (Fsp3) is 0.200. The van der Waals surface area contributed by atoms with Gasteiger partial charge in [0.15, 0.2) is 5.82 Å². The Bertz CT molecular complexity index is 1180. The number of pyridine rings is 1. The average molecular weight is 393 g/mol. The van der Waals surface area contributed by atoms with Gasteiger partial charge in [-0.1, -0.05) is 36.0 Å². The maximum Gasteiger partial charge on any atom is 0.258 e. The van der Waals surface area contributed by atoms with Crippen molar-refractivity contribution in [3.63, 3.8) is 0 Å². The van der Waals surface area contributed by atoms with Gasteiger partial charge in [-0.2, -0.15) is 0 Å². The lowest BCUT2D eigenvalue weighted by atomic mass is 10.2. The number of aryl methyl sites for hydroxylation is 2. The number of nitrogens with one attached hydrogen (secondary N) is 1. The number of para-hydroxylation sites is 1. The van der Waals surface area contributed by atoms with Crippen LogP contribution in [0.1, 0.15) is 22.8 Å². The summed E-state index contributed by atoms with van der Waals surface area (Å²) >= 11 is 1.42. The SMILES string of the molecule is Cc1ccccc1OCc1nc(SCc2cc(=O)n3c(C)cccc3n2)n[nH]1. The molecule has 0 aliphatic carbocycles. The summed E-state index contributed by atoms with van der Waals surface area (Å²) in [6.07, 6.45) is 0. The van der Waals surface area contributed by atoms with E-state index < -0.39 is 0 Å². The van der Waals surface area contributed by atoms with Gasteiger partial charge in [0.2, 0.25) is 5.16 Å². The largest absolute Gasteiger partial charge is 0.485 e. The van der Waals surface area contributed by atoms with Gasteiger partial charge in [0.05, 0.1) is 5.69 Å². The molecule has 0 unspecified atom stereocenters. The predicted molar refractivity (Wildman–Crippen MR) is 108 cm³/mol. The summed E-state index contributed by atoms with van der Waals surface area (Å²) in [6, 6.07) is 15.0. The van der Waals surface area contributed by atoms with Crippen molar-refractivity contribution >= 4 is 17.4 Å². The van der Waals surface area contributed by atoms with Crippen LogP contribution >= 0.6 is 11.8 Å². The van der Waals surface area contributed by atoms with E-state index in [1.54, 1.807) is 10.5 Å². The highest BCUT2D eigenvalue weighted by molar-refractivity contribution is 7.98. The maximum absolute atomic E-state index is 12.3. The molecule has 0 bridgehead atoms. The van der Waals surface area contributed by atoms with Crippen molar-refractivity contribution in [2.45, 2.75) is 31.4 Å². The Morgan fingerprint density at radius 1 is 1.11 bits per heavy atom. The van der Waals surface area contributed by atoms with Gasteiger partial charge >= 0.3 is 0 Å². The number of thioether (sulfide) groups is 1. The number of hydrogen-bond donors (Lipinski definition) is 1. The molecule has 0 radical (unpaired) electrons. The number of aromatic nitrogens is 5. The van der Waals surface area contributed by atoms with Crippen molar-refractivity contribution in [3.05, 3.63) is 81.7 Å². The van der Waals surface area contributed by atoms with Gasteiger partial charge in [0.1, 0.15) is 18.0 Å². The Kier molecular flexibility index (Phi) is 5.12. The van der Waals surface area contributed by atoms with Gasteiger partial charge in [0, 0.05) is 17.5 Å². The molecule has 28 heavy (non-hydrogen) atoms. The zero-order valence-electron chi connectivity index (χ0n) is 15.5. The van der Waals surface area contributed by atoms with Crippen LogP contribution in [0.5, 0.6) is 5.75 Å². The van der Waals surface area contributed by atoms with Gasteiger partial charge in [-0.05, 0) is 37.6 Å². The molecule has 1 aromatic carbocycles. The molecule has 142 valence electrons. The smallest absolute Gasteiger partial charge is 0.258 e. The highest BCUT2D eigenvalue weighted by atomic mass is 32.2. The summed E-state index contributed by atoms with van der Waals surface area (Å²) < 4.78 is 7.37. The standard InChI is InChI=1S/C20H19N5O2S/c1-13-6-3-4-8-16(13)27-11-17-22-20(24-23-17)28-12-15-10-19(26)25-14(2)7-5-9-18(25)21-15/h3-10H,11-12H2,1-2H3,(H,22,23,24). The van der Waals surface area contributed by atoms with E-state index in [1.165, 1.54) is 11.8 Å². The maximum atomic E-state index is 12.3. The number of H-pyrrole nitrogens is 1. The summed E-state index contributed by atoms with van der Waals surface area (Å²) in [4.78, 5) is 21.3. The molecule has 0 saturated heterocycles. The van der Waals surface area contributed by atoms with E-state index in [2.05, 4.69) is 20.2 Å². The van der Waals surface area contributed by atoms with Crippen LogP contribution in [-0.4, -0.2) is 24.6 Å². The number of rotatable bonds is 6. The number of aromatic amines is 1. The lowest BCUT2D eigenvalue weighted by Crippen LogP contribution is -2.17. The van der Waals surface area contributed by atoms with Crippen LogP contribution in [0.15, 0.2) is 58.5 Å². The summed E-state index contributed by atoms with van der Waals surface area (Å²) in [6.45, 7) is 4.20. The first-order valence-corrected chi connectivity index (χ1v) is 9.79. The molecule has 0 amide bonds. The average Bonchev–Trinajstić information content (AvgIpc) is 3.13. The molecule has 1 N–H and O–H groups in total. The molecule has 3 heterocycles. The predicted octanol–water partition coefficient (Wildman–Crippen LogP) is 3.30. The normalized spacial score (nSPS) is 11.1. The van der Waals surface area contributed by atoms with Crippen LogP contribution in [-0.2, 0) is 12.4 Å². The van der Waals surface area contributed by atoms with E-state index in [4.69, 9.17) is 4.74 Å². The fourth-order valence-corrected chi connectivity index (χ4v) is 3.56. The minimum Gasteiger partial charge on any atom is -0.485 e. The minimum absolute atomic E-state index is 0.0824. The van der Waals surface area contributed by atoms with E-state index in [0.29, 0.717) is 34.7 Å². The van der Waals surface area contributed by atoms with E-state index in [-0.39, 0.29) is 5.56 Å². The Labute approximate surface area is 165 Å². The molecule has 3 aromatic heterocycles. The first-order chi connectivity index (χ1) is 13.6.